The average Bonchev–Trinajstić information content (AvgIpc) is 3.03. The third-order valence-electron chi connectivity index (χ3n) is 9.50. The standard InChI is InChI=1S/C42H82O2/c1-3-5-7-9-11-13-15-17-19-21-22-23-25-27-29-31-33-35-37-39-41-44-42(43)40-38-36-34-32-30-28-26-24-20-18-16-14-12-10-8-6-4-2/h39,41H,3-38,40H2,1-2H3/b41-39-. The summed E-state index contributed by atoms with van der Waals surface area (Å²) in [6.45, 7) is 4.59. The summed E-state index contributed by atoms with van der Waals surface area (Å²) in [7, 11) is 0. The van der Waals surface area contributed by atoms with Crippen LogP contribution in [0.25, 0.3) is 0 Å². The first kappa shape index (κ1) is 43.2. The normalized spacial score (nSPS) is 11.6. The van der Waals surface area contributed by atoms with E-state index in [4.69, 9.17) is 4.74 Å². The summed E-state index contributed by atoms with van der Waals surface area (Å²) in [5.41, 5.74) is 0. The van der Waals surface area contributed by atoms with Gasteiger partial charge in [-0.05, 0) is 25.3 Å². The molecule has 0 aliphatic heterocycles. The van der Waals surface area contributed by atoms with Gasteiger partial charge in [-0.1, -0.05) is 226 Å². The Labute approximate surface area is 278 Å². The lowest BCUT2D eigenvalue weighted by molar-refractivity contribution is -0.138. The Kier molecular flexibility index (Phi) is 39.5. The predicted octanol–water partition coefficient (Wildman–Crippen LogP) is 15.5. The van der Waals surface area contributed by atoms with E-state index in [1.165, 1.54) is 212 Å². The largest absolute Gasteiger partial charge is 0.435 e. The van der Waals surface area contributed by atoms with E-state index in [-0.39, 0.29) is 5.97 Å². The van der Waals surface area contributed by atoms with Crippen LogP contribution in [-0.2, 0) is 9.53 Å². The van der Waals surface area contributed by atoms with E-state index in [1.807, 2.05) is 6.08 Å². The summed E-state index contributed by atoms with van der Waals surface area (Å²) in [6, 6.07) is 0. The first-order chi connectivity index (χ1) is 21.8. The van der Waals surface area contributed by atoms with Crippen LogP contribution in [0.5, 0.6) is 0 Å². The third kappa shape index (κ3) is 39.2. The Balaban J connectivity index is 3.20. The maximum Gasteiger partial charge on any atom is 0.310 e. The molecule has 0 bridgehead atoms. The highest BCUT2D eigenvalue weighted by Crippen LogP contribution is 2.16. The lowest BCUT2D eigenvalue weighted by atomic mass is 10.0. The van der Waals surface area contributed by atoms with E-state index in [2.05, 4.69) is 13.8 Å². The Morgan fingerprint density at radius 1 is 0.364 bits per heavy atom. The zero-order valence-corrected chi connectivity index (χ0v) is 30.6. The van der Waals surface area contributed by atoms with Gasteiger partial charge >= 0.3 is 5.97 Å². The third-order valence-corrected chi connectivity index (χ3v) is 9.50. The van der Waals surface area contributed by atoms with Gasteiger partial charge in [-0.15, -0.1) is 0 Å². The fourth-order valence-electron chi connectivity index (χ4n) is 6.41. The monoisotopic (exact) mass is 619 g/mol. The second-order valence-corrected chi connectivity index (χ2v) is 14.1. The predicted molar refractivity (Wildman–Crippen MR) is 197 cm³/mol. The molecule has 2 nitrogen and oxygen atoms in total. The number of hydrogen-bond acceptors (Lipinski definition) is 2. The zero-order chi connectivity index (χ0) is 31.9. The second-order valence-electron chi connectivity index (χ2n) is 14.1. The molecule has 0 aliphatic carbocycles. The molecule has 0 atom stereocenters. The molecule has 0 aromatic carbocycles. The summed E-state index contributed by atoms with van der Waals surface area (Å²) < 4.78 is 5.29. The molecule has 0 fully saturated rings. The highest BCUT2D eigenvalue weighted by Gasteiger charge is 2.01. The van der Waals surface area contributed by atoms with Crippen LogP contribution in [0.2, 0.25) is 0 Å². The van der Waals surface area contributed by atoms with Crippen molar-refractivity contribution in [1.82, 2.24) is 0 Å². The van der Waals surface area contributed by atoms with Crippen molar-refractivity contribution in [1.29, 1.82) is 0 Å². The van der Waals surface area contributed by atoms with Crippen LogP contribution < -0.4 is 0 Å². The SMILES string of the molecule is CCCCCCCCCCCCCCCCCCCC/C=C\OC(=O)CCCCCCCCCCCCCCCCCCC. The summed E-state index contributed by atoms with van der Waals surface area (Å²) in [4.78, 5) is 11.9. The van der Waals surface area contributed by atoms with Gasteiger partial charge in [0.25, 0.3) is 0 Å². The minimum atomic E-state index is -0.0555. The number of ether oxygens (including phenoxy) is 1. The second kappa shape index (κ2) is 40.2. The molecule has 0 aliphatic rings. The van der Waals surface area contributed by atoms with Crippen molar-refractivity contribution in [3.8, 4) is 0 Å². The fourth-order valence-corrected chi connectivity index (χ4v) is 6.41. The number of allylic oxidation sites excluding steroid dienone is 1. The number of esters is 1. The van der Waals surface area contributed by atoms with Gasteiger partial charge < -0.3 is 4.74 Å². The zero-order valence-electron chi connectivity index (χ0n) is 30.6. The van der Waals surface area contributed by atoms with E-state index in [1.54, 1.807) is 6.26 Å². The number of hydrogen-bond donors (Lipinski definition) is 0. The van der Waals surface area contributed by atoms with Gasteiger partial charge in [0.1, 0.15) is 0 Å². The Hall–Kier alpha value is -0.790. The lowest BCUT2D eigenvalue weighted by Gasteiger charge is -2.04. The minimum Gasteiger partial charge on any atom is -0.435 e. The Morgan fingerprint density at radius 3 is 0.909 bits per heavy atom. The Bertz CT molecular complexity index is 554. The molecule has 0 rings (SSSR count). The first-order valence-electron chi connectivity index (χ1n) is 20.7. The van der Waals surface area contributed by atoms with Gasteiger partial charge in [-0.2, -0.15) is 0 Å². The van der Waals surface area contributed by atoms with Crippen LogP contribution in [0, 0.1) is 0 Å². The van der Waals surface area contributed by atoms with Gasteiger partial charge in [0.2, 0.25) is 0 Å². The molecule has 0 unspecified atom stereocenters. The van der Waals surface area contributed by atoms with Crippen LogP contribution in [0.4, 0.5) is 0 Å². The van der Waals surface area contributed by atoms with E-state index < -0.39 is 0 Å². The summed E-state index contributed by atoms with van der Waals surface area (Å²) in [5.74, 6) is -0.0555. The molecule has 0 N–H and O–H groups in total. The first-order valence-corrected chi connectivity index (χ1v) is 20.7. The molecule has 0 aromatic rings. The molecule has 0 aromatic heterocycles. The van der Waals surface area contributed by atoms with Crippen LogP contribution in [0.15, 0.2) is 12.3 Å². The summed E-state index contributed by atoms with van der Waals surface area (Å²) >= 11 is 0. The molecule has 0 radical (unpaired) electrons. The average molecular weight is 619 g/mol. The van der Waals surface area contributed by atoms with Crippen LogP contribution in [0.3, 0.4) is 0 Å². The van der Waals surface area contributed by atoms with E-state index in [0.717, 1.165) is 19.3 Å². The van der Waals surface area contributed by atoms with Gasteiger partial charge in [-0.25, -0.2) is 0 Å². The number of unbranched alkanes of at least 4 members (excludes halogenated alkanes) is 34. The van der Waals surface area contributed by atoms with E-state index >= 15 is 0 Å². The maximum absolute atomic E-state index is 11.9. The smallest absolute Gasteiger partial charge is 0.310 e. The molecule has 0 spiro atoms. The summed E-state index contributed by atoms with van der Waals surface area (Å²) in [6.07, 6.45) is 53.9. The van der Waals surface area contributed by atoms with Crippen LogP contribution in [-0.4, -0.2) is 5.97 Å². The highest BCUT2D eigenvalue weighted by molar-refractivity contribution is 5.69. The van der Waals surface area contributed by atoms with Gasteiger partial charge in [0.15, 0.2) is 0 Å². The summed E-state index contributed by atoms with van der Waals surface area (Å²) in [5, 5.41) is 0. The van der Waals surface area contributed by atoms with E-state index in [0.29, 0.717) is 6.42 Å². The van der Waals surface area contributed by atoms with Crippen molar-refractivity contribution in [2.45, 2.75) is 251 Å². The van der Waals surface area contributed by atoms with Crippen molar-refractivity contribution >= 4 is 5.97 Å². The fraction of sp³-hybridized carbons (Fsp3) is 0.929. The number of carbonyl (C=O) groups excluding carboxylic acids is 1. The van der Waals surface area contributed by atoms with Crippen molar-refractivity contribution in [2.75, 3.05) is 0 Å². The molecule has 0 saturated carbocycles. The van der Waals surface area contributed by atoms with Crippen molar-refractivity contribution in [3.05, 3.63) is 12.3 Å². The molecule has 0 amide bonds. The molecule has 262 valence electrons. The number of rotatable bonds is 38. The van der Waals surface area contributed by atoms with Crippen molar-refractivity contribution in [2.24, 2.45) is 0 Å². The molecule has 44 heavy (non-hydrogen) atoms. The quantitative estimate of drug-likeness (QED) is 0.0391. The van der Waals surface area contributed by atoms with E-state index in [9.17, 15) is 4.79 Å². The van der Waals surface area contributed by atoms with Crippen LogP contribution in [0.1, 0.15) is 251 Å². The molecule has 0 saturated heterocycles. The Morgan fingerprint density at radius 2 is 0.614 bits per heavy atom. The molecular formula is C42H82O2. The van der Waals surface area contributed by atoms with Gasteiger partial charge in [0.05, 0.1) is 6.26 Å². The maximum atomic E-state index is 11.9. The van der Waals surface area contributed by atoms with Crippen LogP contribution >= 0.6 is 0 Å². The van der Waals surface area contributed by atoms with Crippen molar-refractivity contribution in [3.63, 3.8) is 0 Å². The van der Waals surface area contributed by atoms with Gasteiger partial charge in [0, 0.05) is 6.42 Å². The minimum absolute atomic E-state index is 0.0555. The number of carbonyl (C=O) groups is 1. The molecule has 0 heterocycles. The highest BCUT2D eigenvalue weighted by atomic mass is 16.5. The van der Waals surface area contributed by atoms with Crippen molar-refractivity contribution < 1.29 is 9.53 Å². The molecular weight excluding hydrogens is 536 g/mol. The topological polar surface area (TPSA) is 26.3 Å². The van der Waals surface area contributed by atoms with Gasteiger partial charge in [-0.3, -0.25) is 4.79 Å². The molecule has 2 heteroatoms. The lowest BCUT2D eigenvalue weighted by Crippen LogP contribution is -1.98.